The molecule has 0 aliphatic carbocycles. The highest BCUT2D eigenvalue weighted by atomic mass is 16.3. The van der Waals surface area contributed by atoms with Crippen molar-refractivity contribution in [3.63, 3.8) is 0 Å². The molecule has 3 N–H and O–H groups in total. The van der Waals surface area contributed by atoms with Crippen LogP contribution in [0.5, 0.6) is 0 Å². The van der Waals surface area contributed by atoms with Gasteiger partial charge >= 0.3 is 0 Å². The zero-order valence-corrected chi connectivity index (χ0v) is 11.3. The van der Waals surface area contributed by atoms with Crippen molar-refractivity contribution in [1.29, 1.82) is 0 Å². The monoisotopic (exact) mass is 246 g/mol. The molecule has 17 heavy (non-hydrogen) atoms. The van der Waals surface area contributed by atoms with E-state index in [1.165, 1.54) is 25.7 Å². The van der Waals surface area contributed by atoms with Crippen molar-refractivity contribution in [2.24, 2.45) is 11.8 Å². The van der Waals surface area contributed by atoms with E-state index < -0.39 is 0 Å². The van der Waals surface area contributed by atoms with Crippen LogP contribution in [0.25, 0.3) is 0 Å². The molecule has 0 bridgehead atoms. The van der Waals surface area contributed by atoms with Crippen LogP contribution in [-0.4, -0.2) is 35.1 Å². The molecule has 0 spiro atoms. The van der Waals surface area contributed by atoms with E-state index in [4.69, 9.17) is 15.3 Å². The summed E-state index contributed by atoms with van der Waals surface area (Å²) >= 11 is 0. The van der Waals surface area contributed by atoms with Gasteiger partial charge in [0, 0.05) is 19.8 Å². The van der Waals surface area contributed by atoms with Gasteiger partial charge in [0.15, 0.2) is 0 Å². The van der Waals surface area contributed by atoms with Gasteiger partial charge in [0.2, 0.25) is 0 Å². The number of aliphatic hydroxyl groups excluding tert-OH is 3. The summed E-state index contributed by atoms with van der Waals surface area (Å²) in [5.74, 6) is 0.815. The fraction of sp³-hybridized carbons (Fsp3) is 1.00. The first-order chi connectivity index (χ1) is 8.29. The highest BCUT2D eigenvalue weighted by Crippen LogP contribution is 2.27. The van der Waals surface area contributed by atoms with Gasteiger partial charge in [0.1, 0.15) is 0 Å². The van der Waals surface area contributed by atoms with E-state index >= 15 is 0 Å². The van der Waals surface area contributed by atoms with Gasteiger partial charge in [0.05, 0.1) is 0 Å². The van der Waals surface area contributed by atoms with E-state index in [1.54, 1.807) is 0 Å². The van der Waals surface area contributed by atoms with Crippen LogP contribution in [0, 0.1) is 11.8 Å². The van der Waals surface area contributed by atoms with Crippen LogP contribution in [0.2, 0.25) is 0 Å². The van der Waals surface area contributed by atoms with Crippen molar-refractivity contribution in [2.75, 3.05) is 19.8 Å². The SMILES string of the molecule is CCCCCCC(CCO)C(CCO)CCO. The fourth-order valence-electron chi connectivity index (χ4n) is 2.56. The second-order valence-corrected chi connectivity index (χ2v) is 4.91. The third-order valence-electron chi connectivity index (χ3n) is 3.59. The van der Waals surface area contributed by atoms with E-state index in [1.807, 2.05) is 0 Å². The molecule has 0 fully saturated rings. The lowest BCUT2D eigenvalue weighted by Crippen LogP contribution is -2.19. The Kier molecular flexibility index (Phi) is 12.3. The molecule has 1 unspecified atom stereocenters. The Labute approximate surface area is 106 Å². The molecule has 0 aliphatic rings. The second-order valence-electron chi connectivity index (χ2n) is 4.91. The third-order valence-corrected chi connectivity index (χ3v) is 3.59. The lowest BCUT2D eigenvalue weighted by Gasteiger charge is -2.26. The van der Waals surface area contributed by atoms with Crippen molar-refractivity contribution in [1.82, 2.24) is 0 Å². The van der Waals surface area contributed by atoms with Crippen LogP contribution in [0.4, 0.5) is 0 Å². The van der Waals surface area contributed by atoms with Crippen LogP contribution in [0.15, 0.2) is 0 Å². The summed E-state index contributed by atoms with van der Waals surface area (Å²) in [7, 11) is 0. The fourth-order valence-corrected chi connectivity index (χ4v) is 2.56. The molecule has 3 heteroatoms. The lowest BCUT2D eigenvalue weighted by atomic mass is 9.81. The molecular weight excluding hydrogens is 216 g/mol. The molecule has 0 aromatic heterocycles. The Morgan fingerprint density at radius 2 is 1.12 bits per heavy atom. The van der Waals surface area contributed by atoms with Crippen LogP contribution in [0.3, 0.4) is 0 Å². The molecule has 0 aromatic carbocycles. The van der Waals surface area contributed by atoms with Crippen molar-refractivity contribution in [2.45, 2.75) is 58.3 Å². The average molecular weight is 246 g/mol. The predicted molar refractivity (Wildman–Crippen MR) is 70.8 cm³/mol. The van der Waals surface area contributed by atoms with Gasteiger partial charge in [-0.2, -0.15) is 0 Å². The van der Waals surface area contributed by atoms with Crippen molar-refractivity contribution < 1.29 is 15.3 Å². The van der Waals surface area contributed by atoms with Gasteiger partial charge in [-0.05, 0) is 31.1 Å². The Balaban J connectivity index is 4.04. The predicted octanol–water partition coefficient (Wildman–Crippen LogP) is 2.34. The van der Waals surface area contributed by atoms with E-state index in [0.29, 0.717) is 11.8 Å². The highest BCUT2D eigenvalue weighted by Gasteiger charge is 2.19. The molecule has 0 aliphatic heterocycles. The first kappa shape index (κ1) is 16.9. The van der Waals surface area contributed by atoms with E-state index in [0.717, 1.165) is 25.7 Å². The Morgan fingerprint density at radius 3 is 1.53 bits per heavy atom. The largest absolute Gasteiger partial charge is 0.396 e. The Morgan fingerprint density at radius 1 is 0.647 bits per heavy atom. The van der Waals surface area contributed by atoms with Crippen molar-refractivity contribution in [3.8, 4) is 0 Å². The van der Waals surface area contributed by atoms with Crippen LogP contribution >= 0.6 is 0 Å². The van der Waals surface area contributed by atoms with Gasteiger partial charge in [-0.1, -0.05) is 39.0 Å². The van der Waals surface area contributed by atoms with Gasteiger partial charge < -0.3 is 15.3 Å². The second kappa shape index (κ2) is 12.3. The Hall–Kier alpha value is -0.120. The summed E-state index contributed by atoms with van der Waals surface area (Å²) in [6.07, 6.45) is 8.38. The zero-order chi connectivity index (χ0) is 12.9. The third kappa shape index (κ3) is 8.58. The molecule has 1 atom stereocenters. The maximum absolute atomic E-state index is 9.10. The molecule has 0 radical (unpaired) electrons. The average Bonchev–Trinajstić information content (AvgIpc) is 2.33. The smallest absolute Gasteiger partial charge is 0.0433 e. The summed E-state index contributed by atoms with van der Waals surface area (Å²) < 4.78 is 0. The topological polar surface area (TPSA) is 60.7 Å². The number of aliphatic hydroxyl groups is 3. The number of unbranched alkanes of at least 4 members (excludes halogenated alkanes) is 3. The molecule has 0 heterocycles. The zero-order valence-electron chi connectivity index (χ0n) is 11.3. The van der Waals surface area contributed by atoms with Crippen LogP contribution in [-0.2, 0) is 0 Å². The highest BCUT2D eigenvalue weighted by molar-refractivity contribution is 4.70. The lowest BCUT2D eigenvalue weighted by molar-refractivity contribution is 0.144. The first-order valence-corrected chi connectivity index (χ1v) is 7.12. The van der Waals surface area contributed by atoms with Gasteiger partial charge in [-0.25, -0.2) is 0 Å². The summed E-state index contributed by atoms with van der Waals surface area (Å²) in [5, 5.41) is 27.2. The number of hydrogen-bond donors (Lipinski definition) is 3. The van der Waals surface area contributed by atoms with Gasteiger partial charge in [-0.15, -0.1) is 0 Å². The molecule has 0 aromatic rings. The number of rotatable bonds is 12. The van der Waals surface area contributed by atoms with Crippen molar-refractivity contribution in [3.05, 3.63) is 0 Å². The minimum Gasteiger partial charge on any atom is -0.396 e. The molecule has 0 saturated carbocycles. The molecule has 3 nitrogen and oxygen atoms in total. The Bertz CT molecular complexity index is 144. The summed E-state index contributed by atoms with van der Waals surface area (Å²) in [4.78, 5) is 0. The molecule has 104 valence electrons. The summed E-state index contributed by atoms with van der Waals surface area (Å²) in [5.41, 5.74) is 0. The number of hydrogen-bond acceptors (Lipinski definition) is 3. The molecule has 0 rings (SSSR count). The van der Waals surface area contributed by atoms with E-state index in [9.17, 15) is 0 Å². The minimum atomic E-state index is 0.182. The maximum Gasteiger partial charge on any atom is 0.0433 e. The maximum atomic E-state index is 9.10. The normalized spacial score (nSPS) is 13.2. The van der Waals surface area contributed by atoms with Crippen molar-refractivity contribution >= 4 is 0 Å². The van der Waals surface area contributed by atoms with Gasteiger partial charge in [0.25, 0.3) is 0 Å². The molecular formula is C14H30O3. The first-order valence-electron chi connectivity index (χ1n) is 7.12. The quantitative estimate of drug-likeness (QED) is 0.463. The molecule has 0 amide bonds. The molecule has 0 saturated heterocycles. The minimum absolute atomic E-state index is 0.182. The van der Waals surface area contributed by atoms with Gasteiger partial charge in [-0.3, -0.25) is 0 Å². The van der Waals surface area contributed by atoms with E-state index in [-0.39, 0.29) is 19.8 Å². The van der Waals surface area contributed by atoms with Crippen LogP contribution < -0.4 is 0 Å². The van der Waals surface area contributed by atoms with E-state index in [2.05, 4.69) is 6.92 Å². The summed E-state index contributed by atoms with van der Waals surface area (Å²) in [6.45, 7) is 2.78. The van der Waals surface area contributed by atoms with Crippen LogP contribution in [0.1, 0.15) is 58.3 Å². The standard InChI is InChI=1S/C14H30O3/c1-2-3-4-5-6-13(7-10-15)14(8-11-16)9-12-17/h13-17H,2-12H2,1H3. The summed E-state index contributed by atoms with van der Waals surface area (Å²) in [6, 6.07) is 0.